The van der Waals surface area contributed by atoms with E-state index < -0.39 is 0 Å². The van der Waals surface area contributed by atoms with Crippen LogP contribution in [0.3, 0.4) is 0 Å². The highest BCUT2D eigenvalue weighted by Crippen LogP contribution is 2.40. The van der Waals surface area contributed by atoms with Gasteiger partial charge in [-0.2, -0.15) is 0 Å². The van der Waals surface area contributed by atoms with Crippen LogP contribution in [-0.4, -0.2) is 18.2 Å². The maximum Gasteiger partial charge on any atom is 0.0520 e. The van der Waals surface area contributed by atoms with Gasteiger partial charge in [0.25, 0.3) is 0 Å². The molecule has 32 heavy (non-hydrogen) atoms. The van der Waals surface area contributed by atoms with E-state index in [0.29, 0.717) is 17.8 Å². The molecule has 2 aromatic carbocycles. The number of hydrogen-bond acceptors (Lipinski definition) is 2. The normalized spacial score (nSPS) is 22.0. The fraction of sp³-hybridized carbons (Fsp3) is 0.500. The largest absolute Gasteiger partial charge is 0.381 e. The Morgan fingerprint density at radius 1 is 0.969 bits per heavy atom. The fourth-order valence-corrected chi connectivity index (χ4v) is 5.88. The van der Waals surface area contributed by atoms with Gasteiger partial charge < -0.3 is 4.74 Å². The van der Waals surface area contributed by atoms with Gasteiger partial charge >= 0.3 is 0 Å². The summed E-state index contributed by atoms with van der Waals surface area (Å²) in [7, 11) is 0. The smallest absolute Gasteiger partial charge is 0.0520 e. The third-order valence-corrected chi connectivity index (χ3v) is 7.85. The van der Waals surface area contributed by atoms with E-state index in [2.05, 4.69) is 63.2 Å². The third-order valence-electron chi connectivity index (χ3n) is 7.85. The van der Waals surface area contributed by atoms with E-state index in [1.807, 2.05) is 0 Å². The summed E-state index contributed by atoms with van der Waals surface area (Å²) in [6.45, 7) is 8.53. The Labute approximate surface area is 193 Å². The number of pyridine rings is 1. The average molecular weight is 428 g/mol. The summed E-state index contributed by atoms with van der Waals surface area (Å²) in [6, 6.07) is 16.5. The number of ether oxygens (including phenoxy) is 1. The molecule has 0 radical (unpaired) electrons. The first kappa shape index (κ1) is 21.6. The van der Waals surface area contributed by atoms with Crippen LogP contribution < -0.4 is 0 Å². The van der Waals surface area contributed by atoms with Crippen LogP contribution in [0.15, 0.2) is 42.5 Å². The van der Waals surface area contributed by atoms with Crippen molar-refractivity contribution in [3.8, 4) is 11.1 Å². The second kappa shape index (κ2) is 9.35. The average Bonchev–Trinajstić information content (AvgIpc) is 3.35. The molecule has 1 saturated heterocycles. The molecule has 0 spiro atoms. The van der Waals surface area contributed by atoms with Gasteiger partial charge in [-0.05, 0) is 78.3 Å². The Morgan fingerprint density at radius 2 is 1.75 bits per heavy atom. The van der Waals surface area contributed by atoms with Crippen LogP contribution >= 0.6 is 0 Å². The molecule has 2 fully saturated rings. The molecule has 1 saturated carbocycles. The first-order valence-corrected chi connectivity index (χ1v) is 12.8. The first-order valence-electron chi connectivity index (χ1n) is 12.8. The van der Waals surface area contributed by atoms with Crippen LogP contribution in [0.5, 0.6) is 0 Å². The molecule has 2 aliphatic rings. The number of benzene rings is 2. The summed E-state index contributed by atoms with van der Waals surface area (Å²) in [5.41, 5.74) is 8.19. The zero-order valence-electron chi connectivity index (χ0n) is 20.0. The zero-order valence-corrected chi connectivity index (χ0v) is 20.0. The molecule has 2 heterocycles. The molecule has 5 rings (SSSR count). The van der Waals surface area contributed by atoms with Gasteiger partial charge in [0.05, 0.1) is 5.69 Å². The fourth-order valence-electron chi connectivity index (χ4n) is 5.88. The van der Waals surface area contributed by atoms with Crippen LogP contribution in [0.4, 0.5) is 0 Å². The Hall–Kier alpha value is -2.19. The molecule has 2 atom stereocenters. The molecule has 1 aliphatic carbocycles. The van der Waals surface area contributed by atoms with Crippen molar-refractivity contribution < 1.29 is 4.74 Å². The van der Waals surface area contributed by atoms with E-state index in [1.165, 1.54) is 76.5 Å². The Morgan fingerprint density at radius 3 is 2.53 bits per heavy atom. The lowest BCUT2D eigenvalue weighted by Crippen LogP contribution is -2.25. The SMILES string of the molecule is CCCc1cc(-c2ccc3c(C4CCOC[C@@H]4C)nc(C4CCCC4)cc3c2)ccc1C. The van der Waals surface area contributed by atoms with Crippen molar-refractivity contribution in [3.63, 3.8) is 0 Å². The molecule has 0 N–H and O–H groups in total. The van der Waals surface area contributed by atoms with E-state index in [1.54, 1.807) is 0 Å². The number of rotatable bonds is 5. The van der Waals surface area contributed by atoms with Crippen molar-refractivity contribution in [2.24, 2.45) is 5.92 Å². The van der Waals surface area contributed by atoms with Gasteiger partial charge in [0.2, 0.25) is 0 Å². The molecule has 1 aliphatic heterocycles. The molecule has 3 aromatic rings. The van der Waals surface area contributed by atoms with Crippen LogP contribution in [-0.2, 0) is 11.2 Å². The number of fused-ring (bicyclic) bond motifs is 1. The van der Waals surface area contributed by atoms with E-state index in [4.69, 9.17) is 9.72 Å². The number of aryl methyl sites for hydroxylation is 2. The van der Waals surface area contributed by atoms with Crippen molar-refractivity contribution in [1.29, 1.82) is 0 Å². The molecule has 168 valence electrons. The number of aromatic nitrogens is 1. The maximum atomic E-state index is 5.77. The predicted octanol–water partition coefficient (Wildman–Crippen LogP) is 7.96. The molecule has 2 nitrogen and oxygen atoms in total. The van der Waals surface area contributed by atoms with Crippen LogP contribution in [0, 0.1) is 12.8 Å². The monoisotopic (exact) mass is 427 g/mol. The Bertz CT molecular complexity index is 1100. The standard InChI is InChI=1S/C30H37NO/c1-4-7-23-16-24(11-10-20(23)2)25-12-13-28-26(17-25)18-29(22-8-5-6-9-22)31-30(28)27-14-15-32-19-21(27)3/h10-13,16-18,21-22,27H,4-9,14-15,19H2,1-3H3/t21-,27?/m0/s1. The summed E-state index contributed by atoms with van der Waals surface area (Å²) in [4.78, 5) is 5.35. The predicted molar refractivity (Wildman–Crippen MR) is 134 cm³/mol. The van der Waals surface area contributed by atoms with Crippen LogP contribution in [0.25, 0.3) is 21.9 Å². The van der Waals surface area contributed by atoms with Crippen molar-refractivity contribution >= 4 is 10.8 Å². The van der Waals surface area contributed by atoms with Gasteiger partial charge in [-0.25, -0.2) is 0 Å². The van der Waals surface area contributed by atoms with Gasteiger partial charge in [-0.1, -0.05) is 63.4 Å². The van der Waals surface area contributed by atoms with E-state index in [-0.39, 0.29) is 0 Å². The van der Waals surface area contributed by atoms with E-state index >= 15 is 0 Å². The molecular weight excluding hydrogens is 390 g/mol. The van der Waals surface area contributed by atoms with Gasteiger partial charge in [0.15, 0.2) is 0 Å². The minimum Gasteiger partial charge on any atom is -0.381 e. The summed E-state index contributed by atoms with van der Waals surface area (Å²) in [5, 5.41) is 2.71. The highest BCUT2D eigenvalue weighted by Gasteiger charge is 2.28. The first-order chi connectivity index (χ1) is 15.6. The Kier molecular flexibility index (Phi) is 6.33. The lowest BCUT2D eigenvalue weighted by Gasteiger charge is -2.30. The highest BCUT2D eigenvalue weighted by molar-refractivity contribution is 5.90. The topological polar surface area (TPSA) is 22.1 Å². The van der Waals surface area contributed by atoms with E-state index in [9.17, 15) is 0 Å². The Balaban J connectivity index is 1.62. The second-order valence-corrected chi connectivity index (χ2v) is 10.2. The quantitative estimate of drug-likeness (QED) is 0.412. The zero-order chi connectivity index (χ0) is 22.1. The van der Waals surface area contributed by atoms with Gasteiger partial charge in [-0.3, -0.25) is 4.98 Å². The second-order valence-electron chi connectivity index (χ2n) is 10.2. The summed E-state index contributed by atoms with van der Waals surface area (Å²) in [5.74, 6) is 1.65. The van der Waals surface area contributed by atoms with Crippen molar-refractivity contribution in [2.45, 2.75) is 77.6 Å². The lowest BCUT2D eigenvalue weighted by atomic mass is 9.83. The molecule has 1 unspecified atom stereocenters. The minimum absolute atomic E-state index is 0.494. The van der Waals surface area contributed by atoms with E-state index in [0.717, 1.165) is 26.1 Å². The summed E-state index contributed by atoms with van der Waals surface area (Å²) in [6.07, 6.45) is 8.68. The number of nitrogens with zero attached hydrogens (tertiary/aromatic N) is 1. The number of hydrogen-bond donors (Lipinski definition) is 0. The third kappa shape index (κ3) is 4.22. The summed E-state index contributed by atoms with van der Waals surface area (Å²) < 4.78 is 5.77. The van der Waals surface area contributed by atoms with Crippen molar-refractivity contribution in [2.75, 3.05) is 13.2 Å². The van der Waals surface area contributed by atoms with Crippen molar-refractivity contribution in [1.82, 2.24) is 4.98 Å². The van der Waals surface area contributed by atoms with Gasteiger partial charge in [0.1, 0.15) is 0 Å². The molecule has 0 amide bonds. The van der Waals surface area contributed by atoms with Crippen LogP contribution in [0.1, 0.15) is 86.7 Å². The van der Waals surface area contributed by atoms with Gasteiger partial charge in [-0.15, -0.1) is 0 Å². The molecular formula is C30H37NO. The summed E-state index contributed by atoms with van der Waals surface area (Å²) >= 11 is 0. The van der Waals surface area contributed by atoms with Crippen molar-refractivity contribution in [3.05, 3.63) is 65.0 Å². The maximum absolute atomic E-state index is 5.77. The molecule has 0 bridgehead atoms. The van der Waals surface area contributed by atoms with Gasteiger partial charge in [0, 0.05) is 36.1 Å². The van der Waals surface area contributed by atoms with Crippen LogP contribution in [0.2, 0.25) is 0 Å². The lowest BCUT2D eigenvalue weighted by molar-refractivity contribution is 0.0466. The molecule has 1 aromatic heterocycles. The minimum atomic E-state index is 0.494. The highest BCUT2D eigenvalue weighted by atomic mass is 16.5. The molecule has 2 heteroatoms.